The Balaban J connectivity index is 1.42. The number of halogens is 1. The normalized spacial score (nSPS) is 15.8. The molecule has 0 radical (unpaired) electrons. The highest BCUT2D eigenvalue weighted by Gasteiger charge is 2.26. The SMILES string of the molecule is O=C(CC(CNC(=O)C1CCNCC1)c1ccc(Cl)cc1)NC(Cc1c[nH]c2ccccc12)C(=O)O. The number of benzene rings is 2. The predicted molar refractivity (Wildman–Crippen MR) is 139 cm³/mol. The van der Waals surface area contributed by atoms with Crippen LogP contribution in [0.1, 0.15) is 36.3 Å². The fraction of sp³-hybridized carbons (Fsp3) is 0.370. The minimum Gasteiger partial charge on any atom is -0.480 e. The van der Waals surface area contributed by atoms with E-state index < -0.39 is 17.9 Å². The Morgan fingerprint density at radius 1 is 1.06 bits per heavy atom. The zero-order valence-electron chi connectivity index (χ0n) is 19.9. The molecule has 36 heavy (non-hydrogen) atoms. The van der Waals surface area contributed by atoms with Gasteiger partial charge in [0, 0.05) is 53.3 Å². The highest BCUT2D eigenvalue weighted by molar-refractivity contribution is 6.30. The summed E-state index contributed by atoms with van der Waals surface area (Å²) in [7, 11) is 0. The number of hydrogen-bond donors (Lipinski definition) is 5. The van der Waals surface area contributed by atoms with E-state index >= 15 is 0 Å². The van der Waals surface area contributed by atoms with Crippen LogP contribution >= 0.6 is 11.6 Å². The van der Waals surface area contributed by atoms with Crippen LogP contribution in [0.5, 0.6) is 0 Å². The maximum atomic E-state index is 13.0. The van der Waals surface area contributed by atoms with Crippen LogP contribution < -0.4 is 16.0 Å². The Morgan fingerprint density at radius 2 is 1.78 bits per heavy atom. The molecule has 8 nitrogen and oxygen atoms in total. The number of carboxylic acid groups (broad SMARTS) is 1. The number of carboxylic acids is 1. The van der Waals surface area contributed by atoms with Crippen LogP contribution in [0.3, 0.4) is 0 Å². The third-order valence-corrected chi connectivity index (χ3v) is 6.99. The van der Waals surface area contributed by atoms with Gasteiger partial charge in [-0.3, -0.25) is 9.59 Å². The zero-order valence-corrected chi connectivity index (χ0v) is 20.7. The van der Waals surface area contributed by atoms with E-state index in [4.69, 9.17) is 11.6 Å². The van der Waals surface area contributed by atoms with E-state index in [0.29, 0.717) is 5.02 Å². The van der Waals surface area contributed by atoms with Gasteiger partial charge < -0.3 is 26.0 Å². The second kappa shape index (κ2) is 12.1. The Kier molecular flexibility index (Phi) is 8.61. The predicted octanol–water partition coefficient (Wildman–Crippen LogP) is 3.22. The van der Waals surface area contributed by atoms with Crippen molar-refractivity contribution in [2.24, 2.45) is 5.92 Å². The zero-order chi connectivity index (χ0) is 25.5. The summed E-state index contributed by atoms with van der Waals surface area (Å²) >= 11 is 6.04. The summed E-state index contributed by atoms with van der Waals surface area (Å²) in [6.45, 7) is 1.90. The summed E-state index contributed by atoms with van der Waals surface area (Å²) in [4.78, 5) is 40.8. The first-order valence-electron chi connectivity index (χ1n) is 12.2. The van der Waals surface area contributed by atoms with Crippen molar-refractivity contribution in [3.8, 4) is 0 Å². The summed E-state index contributed by atoms with van der Waals surface area (Å²) in [5.74, 6) is -1.87. The van der Waals surface area contributed by atoms with Gasteiger partial charge in [-0.1, -0.05) is 41.9 Å². The molecule has 1 aliphatic rings. The maximum absolute atomic E-state index is 13.0. The molecule has 4 rings (SSSR count). The van der Waals surface area contributed by atoms with Crippen LogP contribution in [0.2, 0.25) is 5.02 Å². The second-order valence-corrected chi connectivity index (χ2v) is 9.68. The molecule has 190 valence electrons. The summed E-state index contributed by atoms with van der Waals surface area (Å²) in [5.41, 5.74) is 2.58. The lowest BCUT2D eigenvalue weighted by molar-refractivity contribution is -0.141. The molecule has 0 bridgehead atoms. The quantitative estimate of drug-likeness (QED) is 0.286. The van der Waals surface area contributed by atoms with Gasteiger partial charge in [0.05, 0.1) is 0 Å². The molecular weight excluding hydrogens is 480 g/mol. The molecule has 0 spiro atoms. The van der Waals surface area contributed by atoms with Crippen molar-refractivity contribution in [2.75, 3.05) is 19.6 Å². The average molecular weight is 511 g/mol. The third-order valence-electron chi connectivity index (χ3n) is 6.74. The lowest BCUT2D eigenvalue weighted by atomic mass is 9.93. The maximum Gasteiger partial charge on any atom is 0.326 e. The van der Waals surface area contributed by atoms with Crippen LogP contribution in [0.25, 0.3) is 10.9 Å². The molecular formula is C27H31ClN4O4. The summed E-state index contributed by atoms with van der Waals surface area (Å²) in [6.07, 6.45) is 3.53. The van der Waals surface area contributed by atoms with Gasteiger partial charge in [-0.25, -0.2) is 4.79 Å². The number of amides is 2. The van der Waals surface area contributed by atoms with Crippen LogP contribution in [0, 0.1) is 5.92 Å². The molecule has 2 heterocycles. The molecule has 1 aromatic heterocycles. The van der Waals surface area contributed by atoms with Crippen molar-refractivity contribution in [3.05, 3.63) is 70.9 Å². The number of carbonyl (C=O) groups excluding carboxylic acids is 2. The molecule has 2 atom stereocenters. The van der Waals surface area contributed by atoms with E-state index in [0.717, 1.165) is 48.0 Å². The highest BCUT2D eigenvalue weighted by Crippen LogP contribution is 2.23. The number of carbonyl (C=O) groups is 3. The van der Waals surface area contributed by atoms with Crippen molar-refractivity contribution in [1.29, 1.82) is 0 Å². The highest BCUT2D eigenvalue weighted by atomic mass is 35.5. The molecule has 9 heteroatoms. The smallest absolute Gasteiger partial charge is 0.326 e. The molecule has 2 unspecified atom stereocenters. The summed E-state index contributed by atoms with van der Waals surface area (Å²) in [6, 6.07) is 13.7. The van der Waals surface area contributed by atoms with Crippen molar-refractivity contribution < 1.29 is 19.5 Å². The number of para-hydroxylation sites is 1. The summed E-state index contributed by atoms with van der Waals surface area (Å²) in [5, 5.41) is 20.2. The number of piperidine rings is 1. The molecule has 1 aliphatic heterocycles. The topological polar surface area (TPSA) is 123 Å². The van der Waals surface area contributed by atoms with Gasteiger partial charge in [0.25, 0.3) is 0 Å². The molecule has 5 N–H and O–H groups in total. The molecule has 2 aromatic carbocycles. The Morgan fingerprint density at radius 3 is 2.50 bits per heavy atom. The van der Waals surface area contributed by atoms with Crippen molar-refractivity contribution in [1.82, 2.24) is 20.9 Å². The standard InChI is InChI=1S/C27H31ClN4O4/c28-21-7-5-17(6-8-21)19(15-31-26(34)18-9-11-29-12-10-18)14-25(33)32-24(27(35)36)13-20-16-30-23-4-2-1-3-22(20)23/h1-8,16,18-19,24,29-30H,9-15H2,(H,31,34)(H,32,33)(H,35,36). The number of fused-ring (bicyclic) bond motifs is 1. The Labute approximate surface area is 214 Å². The fourth-order valence-electron chi connectivity index (χ4n) is 4.69. The van der Waals surface area contributed by atoms with Gasteiger partial charge in [-0.2, -0.15) is 0 Å². The van der Waals surface area contributed by atoms with Gasteiger partial charge in [0.1, 0.15) is 6.04 Å². The van der Waals surface area contributed by atoms with Crippen molar-refractivity contribution in [3.63, 3.8) is 0 Å². The number of H-pyrrole nitrogens is 1. The monoisotopic (exact) mass is 510 g/mol. The van der Waals surface area contributed by atoms with Crippen LogP contribution in [-0.4, -0.2) is 53.6 Å². The Hall–Kier alpha value is -3.36. The van der Waals surface area contributed by atoms with Gasteiger partial charge in [0.2, 0.25) is 11.8 Å². The van der Waals surface area contributed by atoms with Crippen LogP contribution in [0.4, 0.5) is 0 Å². The number of aliphatic carboxylic acids is 1. The minimum absolute atomic E-state index is 0.0152. The third kappa shape index (κ3) is 6.65. The molecule has 1 saturated heterocycles. The van der Waals surface area contributed by atoms with Crippen molar-refractivity contribution >= 4 is 40.3 Å². The number of aromatic amines is 1. The van der Waals surface area contributed by atoms with Gasteiger partial charge in [-0.05, 0) is 55.3 Å². The minimum atomic E-state index is -1.10. The largest absolute Gasteiger partial charge is 0.480 e. The molecule has 0 aliphatic carbocycles. The van der Waals surface area contributed by atoms with Crippen LogP contribution in [0.15, 0.2) is 54.7 Å². The van der Waals surface area contributed by atoms with Crippen LogP contribution in [-0.2, 0) is 20.8 Å². The summed E-state index contributed by atoms with van der Waals surface area (Å²) < 4.78 is 0. The molecule has 2 amide bonds. The van der Waals surface area contributed by atoms with E-state index in [1.54, 1.807) is 18.3 Å². The fourth-order valence-corrected chi connectivity index (χ4v) is 4.82. The number of rotatable bonds is 10. The number of aromatic nitrogens is 1. The van der Waals surface area contributed by atoms with E-state index in [1.165, 1.54) is 0 Å². The molecule has 0 saturated carbocycles. The van der Waals surface area contributed by atoms with Gasteiger partial charge in [0.15, 0.2) is 0 Å². The first-order chi connectivity index (χ1) is 17.4. The lowest BCUT2D eigenvalue weighted by Gasteiger charge is -2.24. The van der Waals surface area contributed by atoms with Crippen molar-refractivity contribution in [2.45, 2.75) is 37.6 Å². The average Bonchev–Trinajstić information content (AvgIpc) is 3.29. The van der Waals surface area contributed by atoms with E-state index in [-0.39, 0.29) is 37.1 Å². The first-order valence-corrected chi connectivity index (χ1v) is 12.6. The molecule has 3 aromatic rings. The molecule has 1 fully saturated rings. The lowest BCUT2D eigenvalue weighted by Crippen LogP contribution is -2.44. The van der Waals surface area contributed by atoms with Gasteiger partial charge >= 0.3 is 5.97 Å². The van der Waals surface area contributed by atoms with E-state index in [9.17, 15) is 19.5 Å². The number of nitrogens with one attached hydrogen (secondary N) is 4. The Bertz CT molecular complexity index is 1200. The van der Waals surface area contributed by atoms with E-state index in [2.05, 4.69) is 20.9 Å². The second-order valence-electron chi connectivity index (χ2n) is 9.24. The first kappa shape index (κ1) is 25.7. The van der Waals surface area contributed by atoms with Gasteiger partial charge in [-0.15, -0.1) is 0 Å². The number of hydrogen-bond acceptors (Lipinski definition) is 4. The van der Waals surface area contributed by atoms with E-state index in [1.807, 2.05) is 36.4 Å².